The van der Waals surface area contributed by atoms with Crippen LogP contribution in [0.1, 0.15) is 62.3 Å². The number of H-pyrrole nitrogens is 2. The van der Waals surface area contributed by atoms with Gasteiger partial charge in [-0.2, -0.15) is 5.10 Å². The van der Waals surface area contributed by atoms with Crippen molar-refractivity contribution in [3.8, 4) is 0 Å². The quantitative estimate of drug-likeness (QED) is 0.534. The number of fused-ring (bicyclic) bond motifs is 1. The lowest BCUT2D eigenvalue weighted by molar-refractivity contribution is 0.00899. The predicted octanol–water partition coefficient (Wildman–Crippen LogP) is 4.88. The first kappa shape index (κ1) is 21.8. The van der Waals surface area contributed by atoms with Crippen LogP contribution >= 0.6 is 0 Å². The van der Waals surface area contributed by atoms with Crippen molar-refractivity contribution >= 4 is 28.7 Å². The van der Waals surface area contributed by atoms with E-state index in [0.717, 1.165) is 31.4 Å². The molecule has 3 N–H and O–H groups in total. The summed E-state index contributed by atoms with van der Waals surface area (Å²) in [5, 5.41) is 9.77. The molecule has 32 heavy (non-hydrogen) atoms. The molecule has 1 aliphatic heterocycles. The number of piperidine rings is 1. The number of hydrogen-bond donors (Lipinski definition) is 3. The number of hydrogen-bond acceptors (Lipinski definition) is 4. The van der Waals surface area contributed by atoms with Crippen LogP contribution in [0.2, 0.25) is 0 Å². The molecule has 8 nitrogen and oxygen atoms in total. The zero-order valence-corrected chi connectivity index (χ0v) is 18.1. The molecule has 2 amide bonds. The van der Waals surface area contributed by atoms with Crippen molar-refractivity contribution in [1.29, 1.82) is 0 Å². The molecule has 10 heteroatoms. The molecule has 2 aromatic heterocycles. The van der Waals surface area contributed by atoms with Crippen LogP contribution in [-0.2, 0) is 4.74 Å². The van der Waals surface area contributed by atoms with E-state index in [2.05, 4.69) is 20.5 Å². The summed E-state index contributed by atoms with van der Waals surface area (Å²) in [6.07, 6.45) is 2.17. The van der Waals surface area contributed by atoms with Gasteiger partial charge in [-0.05, 0) is 52.2 Å². The molecule has 1 saturated heterocycles. The first-order valence-corrected chi connectivity index (χ1v) is 10.4. The average molecular weight is 445 g/mol. The van der Waals surface area contributed by atoms with Crippen LogP contribution in [0.4, 0.5) is 19.4 Å². The van der Waals surface area contributed by atoms with Gasteiger partial charge in [-0.25, -0.2) is 13.6 Å². The lowest BCUT2D eigenvalue weighted by Crippen LogP contribution is -2.42. The number of carbonyl (C=O) groups is 2. The van der Waals surface area contributed by atoms with Crippen LogP contribution in [0.3, 0.4) is 0 Å². The van der Waals surface area contributed by atoms with Crippen LogP contribution in [0, 0.1) is 11.6 Å². The summed E-state index contributed by atoms with van der Waals surface area (Å²) < 4.78 is 32.8. The van der Waals surface area contributed by atoms with Crippen molar-refractivity contribution < 1.29 is 23.1 Å². The third kappa shape index (κ3) is 4.58. The smallest absolute Gasteiger partial charge is 0.410 e. The first-order chi connectivity index (χ1) is 15.1. The number of benzene rings is 1. The van der Waals surface area contributed by atoms with Gasteiger partial charge in [-0.1, -0.05) is 0 Å². The minimum absolute atomic E-state index is 0.0714. The van der Waals surface area contributed by atoms with Gasteiger partial charge < -0.3 is 15.0 Å². The van der Waals surface area contributed by atoms with Gasteiger partial charge in [0.2, 0.25) is 0 Å². The second-order valence-corrected chi connectivity index (χ2v) is 8.88. The molecule has 1 aliphatic rings. The highest BCUT2D eigenvalue weighted by Crippen LogP contribution is 2.32. The molecule has 1 fully saturated rings. The number of rotatable bonds is 3. The number of aromatic nitrogens is 3. The largest absolute Gasteiger partial charge is 0.444 e. The predicted molar refractivity (Wildman–Crippen MR) is 114 cm³/mol. The maximum atomic E-state index is 13.9. The number of nitrogens with one attached hydrogen (secondary N) is 3. The van der Waals surface area contributed by atoms with Gasteiger partial charge in [-0.15, -0.1) is 0 Å². The Morgan fingerprint density at radius 3 is 2.72 bits per heavy atom. The molecule has 3 aromatic rings. The number of halogens is 2. The number of amides is 2. The summed E-state index contributed by atoms with van der Waals surface area (Å²) in [5.74, 6) is -1.78. The lowest BCUT2D eigenvalue weighted by atomic mass is 10.00. The van der Waals surface area contributed by atoms with Crippen molar-refractivity contribution in [3.63, 3.8) is 0 Å². The first-order valence-electron chi connectivity index (χ1n) is 10.4. The molecule has 0 saturated carbocycles. The van der Waals surface area contributed by atoms with E-state index in [4.69, 9.17) is 4.74 Å². The molecular weight excluding hydrogens is 420 g/mol. The summed E-state index contributed by atoms with van der Waals surface area (Å²) in [7, 11) is 0. The van der Waals surface area contributed by atoms with E-state index < -0.39 is 29.2 Å². The highest BCUT2D eigenvalue weighted by molar-refractivity contribution is 6.05. The number of anilines is 1. The maximum Gasteiger partial charge on any atom is 0.410 e. The lowest BCUT2D eigenvalue weighted by Gasteiger charge is -2.36. The normalized spacial score (nSPS) is 16.9. The Labute approximate surface area is 183 Å². The van der Waals surface area contributed by atoms with E-state index in [1.807, 2.05) is 20.8 Å². The van der Waals surface area contributed by atoms with Crippen LogP contribution < -0.4 is 5.32 Å². The Balaban J connectivity index is 1.50. The van der Waals surface area contributed by atoms with Gasteiger partial charge in [-0.3, -0.25) is 14.8 Å². The highest BCUT2D eigenvalue weighted by atomic mass is 19.1. The Bertz CT molecular complexity index is 1160. The standard InChI is InChI=1S/C22H25F2N5O3/c1-22(2,3)32-21(31)29-7-5-4-6-18(29)16-11-19(28-27-16)26-20(30)17-10-13-14(24)8-12(23)9-15(13)25-17/h8-11,18,25H,4-7H2,1-3H3,(H2,26,27,28,30)/t18-/m0/s1. The Morgan fingerprint density at radius 1 is 1.19 bits per heavy atom. The van der Waals surface area contributed by atoms with E-state index in [0.29, 0.717) is 12.2 Å². The van der Waals surface area contributed by atoms with Crippen LogP contribution in [0.5, 0.6) is 0 Å². The molecule has 0 spiro atoms. The fraction of sp³-hybridized carbons (Fsp3) is 0.409. The molecule has 0 aliphatic carbocycles. The molecule has 0 unspecified atom stereocenters. The van der Waals surface area contributed by atoms with Gasteiger partial charge in [0, 0.05) is 24.1 Å². The molecular formula is C22H25F2N5O3. The second-order valence-electron chi connectivity index (χ2n) is 8.88. The Morgan fingerprint density at radius 2 is 1.97 bits per heavy atom. The van der Waals surface area contributed by atoms with Gasteiger partial charge in [0.15, 0.2) is 5.82 Å². The minimum Gasteiger partial charge on any atom is -0.444 e. The summed E-state index contributed by atoms with van der Waals surface area (Å²) in [6.45, 7) is 6.02. The topological polar surface area (TPSA) is 103 Å². The molecule has 1 atom stereocenters. The van der Waals surface area contributed by atoms with Crippen molar-refractivity contribution in [1.82, 2.24) is 20.1 Å². The third-order valence-corrected chi connectivity index (χ3v) is 5.23. The molecule has 4 rings (SSSR count). The summed E-state index contributed by atoms with van der Waals surface area (Å²) in [4.78, 5) is 29.6. The van der Waals surface area contributed by atoms with Crippen LogP contribution in [0.15, 0.2) is 24.3 Å². The third-order valence-electron chi connectivity index (χ3n) is 5.23. The summed E-state index contributed by atoms with van der Waals surface area (Å²) in [6, 6.07) is 4.61. The second kappa shape index (κ2) is 8.25. The van der Waals surface area contributed by atoms with Gasteiger partial charge >= 0.3 is 6.09 Å². The fourth-order valence-electron chi connectivity index (χ4n) is 3.83. The Hall–Kier alpha value is -3.43. The van der Waals surface area contributed by atoms with E-state index >= 15 is 0 Å². The van der Waals surface area contributed by atoms with E-state index in [-0.39, 0.29) is 28.5 Å². The monoisotopic (exact) mass is 445 g/mol. The molecule has 0 radical (unpaired) electrons. The summed E-state index contributed by atoms with van der Waals surface area (Å²) >= 11 is 0. The van der Waals surface area contributed by atoms with Gasteiger partial charge in [0.1, 0.15) is 22.9 Å². The van der Waals surface area contributed by atoms with E-state index in [1.54, 1.807) is 11.0 Å². The van der Waals surface area contributed by atoms with Crippen molar-refractivity contribution in [2.24, 2.45) is 0 Å². The number of aromatic amines is 2. The minimum atomic E-state index is -0.753. The zero-order valence-electron chi connectivity index (χ0n) is 18.1. The SMILES string of the molecule is CC(C)(C)OC(=O)N1CCCC[C@H]1c1cc(NC(=O)c2cc3c(F)cc(F)cc3[nH]2)n[nH]1. The highest BCUT2D eigenvalue weighted by Gasteiger charge is 2.32. The van der Waals surface area contributed by atoms with Crippen molar-refractivity contribution in [3.05, 3.63) is 47.3 Å². The zero-order chi connectivity index (χ0) is 23.0. The summed E-state index contributed by atoms with van der Waals surface area (Å²) in [5.41, 5.74) is 0.331. The molecule has 3 heterocycles. The van der Waals surface area contributed by atoms with Crippen molar-refractivity contribution in [2.45, 2.75) is 51.7 Å². The molecule has 170 valence electrons. The number of likely N-dealkylation sites (tertiary alicyclic amines) is 1. The maximum absolute atomic E-state index is 13.9. The number of nitrogens with zero attached hydrogens (tertiary/aromatic N) is 2. The van der Waals surface area contributed by atoms with E-state index in [1.165, 1.54) is 6.07 Å². The van der Waals surface area contributed by atoms with Gasteiger partial charge in [0.05, 0.1) is 17.3 Å². The van der Waals surface area contributed by atoms with Gasteiger partial charge in [0.25, 0.3) is 5.91 Å². The Kier molecular flexibility index (Phi) is 5.62. The van der Waals surface area contributed by atoms with Crippen LogP contribution in [-0.4, -0.2) is 44.2 Å². The van der Waals surface area contributed by atoms with E-state index in [9.17, 15) is 18.4 Å². The van der Waals surface area contributed by atoms with Crippen molar-refractivity contribution in [2.75, 3.05) is 11.9 Å². The molecule has 1 aromatic carbocycles. The number of ether oxygens (including phenoxy) is 1. The van der Waals surface area contributed by atoms with Crippen LogP contribution in [0.25, 0.3) is 10.9 Å². The fourth-order valence-corrected chi connectivity index (χ4v) is 3.83. The molecule has 0 bridgehead atoms. The number of carbonyl (C=O) groups excluding carboxylic acids is 2. The average Bonchev–Trinajstić information content (AvgIpc) is 3.34.